The molecule has 0 aromatic carbocycles. The van der Waals surface area contributed by atoms with Crippen molar-refractivity contribution in [2.45, 2.75) is 43.6 Å². The standard InChI is InChI=1S/C7H13NO2/c9-5-1-4-2-7(10)6(3-5)8-4/h4-10H,1-3H2. The van der Waals surface area contributed by atoms with E-state index < -0.39 is 0 Å². The molecule has 2 rings (SSSR count). The first-order valence-corrected chi connectivity index (χ1v) is 3.88. The van der Waals surface area contributed by atoms with Crippen molar-refractivity contribution in [2.75, 3.05) is 0 Å². The van der Waals surface area contributed by atoms with E-state index in [4.69, 9.17) is 0 Å². The topological polar surface area (TPSA) is 52.5 Å². The summed E-state index contributed by atoms with van der Waals surface area (Å²) < 4.78 is 0. The molecule has 58 valence electrons. The molecule has 2 heterocycles. The number of rotatable bonds is 0. The molecule has 0 aliphatic carbocycles. The molecule has 3 heteroatoms. The average Bonchev–Trinajstić information content (AvgIpc) is 2.07. The SMILES string of the molecule is OC1CC2CC(O)C(C1)N2. The van der Waals surface area contributed by atoms with E-state index in [2.05, 4.69) is 5.32 Å². The lowest BCUT2D eigenvalue weighted by molar-refractivity contribution is 0.0918. The Morgan fingerprint density at radius 3 is 2.60 bits per heavy atom. The molecule has 3 nitrogen and oxygen atoms in total. The molecular weight excluding hydrogens is 130 g/mol. The molecular formula is C7H13NO2. The fourth-order valence-corrected chi connectivity index (χ4v) is 2.04. The van der Waals surface area contributed by atoms with Crippen LogP contribution in [0.3, 0.4) is 0 Å². The maximum atomic E-state index is 9.34. The molecule has 2 fully saturated rings. The third-order valence-corrected chi connectivity index (χ3v) is 2.52. The van der Waals surface area contributed by atoms with E-state index in [0.29, 0.717) is 6.04 Å². The maximum absolute atomic E-state index is 9.34. The minimum Gasteiger partial charge on any atom is -0.393 e. The molecule has 0 amide bonds. The number of aliphatic hydroxyl groups is 2. The predicted octanol–water partition coefficient (Wildman–Crippen LogP) is -0.768. The van der Waals surface area contributed by atoms with Crippen molar-refractivity contribution in [1.29, 1.82) is 0 Å². The maximum Gasteiger partial charge on any atom is 0.0709 e. The Balaban J connectivity index is 2.06. The highest BCUT2D eigenvalue weighted by molar-refractivity contribution is 4.97. The number of piperidine rings is 1. The van der Waals surface area contributed by atoms with E-state index in [1.807, 2.05) is 0 Å². The summed E-state index contributed by atoms with van der Waals surface area (Å²) in [5.74, 6) is 0. The van der Waals surface area contributed by atoms with Crippen LogP contribution in [0.15, 0.2) is 0 Å². The molecule has 0 saturated carbocycles. The normalized spacial score (nSPS) is 53.4. The number of hydrogen-bond donors (Lipinski definition) is 3. The summed E-state index contributed by atoms with van der Waals surface area (Å²) in [5.41, 5.74) is 0. The van der Waals surface area contributed by atoms with Gasteiger partial charge in [0, 0.05) is 12.1 Å². The Morgan fingerprint density at radius 2 is 1.90 bits per heavy atom. The van der Waals surface area contributed by atoms with Gasteiger partial charge in [-0.25, -0.2) is 0 Å². The van der Waals surface area contributed by atoms with Gasteiger partial charge >= 0.3 is 0 Å². The first kappa shape index (κ1) is 6.58. The second-order valence-corrected chi connectivity index (χ2v) is 3.40. The van der Waals surface area contributed by atoms with E-state index in [1.54, 1.807) is 0 Å². The molecule has 0 spiro atoms. The summed E-state index contributed by atoms with van der Waals surface area (Å²) in [6, 6.07) is 0.525. The minimum absolute atomic E-state index is 0.161. The molecule has 2 bridgehead atoms. The van der Waals surface area contributed by atoms with E-state index in [-0.39, 0.29) is 18.2 Å². The van der Waals surface area contributed by atoms with Gasteiger partial charge < -0.3 is 15.5 Å². The fourth-order valence-electron chi connectivity index (χ4n) is 2.04. The van der Waals surface area contributed by atoms with E-state index >= 15 is 0 Å². The number of fused-ring (bicyclic) bond motifs is 2. The number of nitrogens with one attached hydrogen (secondary N) is 1. The second-order valence-electron chi connectivity index (χ2n) is 3.40. The predicted molar refractivity (Wildman–Crippen MR) is 36.6 cm³/mol. The van der Waals surface area contributed by atoms with Crippen LogP contribution in [0.5, 0.6) is 0 Å². The largest absolute Gasteiger partial charge is 0.393 e. The van der Waals surface area contributed by atoms with Crippen LogP contribution in [0.1, 0.15) is 19.3 Å². The highest BCUT2D eigenvalue weighted by atomic mass is 16.3. The quantitative estimate of drug-likeness (QED) is 0.417. The third kappa shape index (κ3) is 0.944. The highest BCUT2D eigenvalue weighted by Gasteiger charge is 2.38. The lowest BCUT2D eigenvalue weighted by Gasteiger charge is -2.25. The van der Waals surface area contributed by atoms with Crippen LogP contribution in [0.4, 0.5) is 0 Å². The summed E-state index contributed by atoms with van der Waals surface area (Å²) in [5, 5.41) is 21.9. The van der Waals surface area contributed by atoms with Crippen molar-refractivity contribution in [3.8, 4) is 0 Å². The molecule has 2 saturated heterocycles. The zero-order valence-corrected chi connectivity index (χ0v) is 5.83. The Labute approximate surface area is 60.1 Å². The summed E-state index contributed by atoms with van der Waals surface area (Å²) in [7, 11) is 0. The molecule has 10 heavy (non-hydrogen) atoms. The Morgan fingerprint density at radius 1 is 1.10 bits per heavy atom. The van der Waals surface area contributed by atoms with E-state index in [1.165, 1.54) is 0 Å². The molecule has 3 N–H and O–H groups in total. The van der Waals surface area contributed by atoms with Gasteiger partial charge in [-0.1, -0.05) is 0 Å². The van der Waals surface area contributed by atoms with Crippen LogP contribution in [0.25, 0.3) is 0 Å². The zero-order chi connectivity index (χ0) is 7.14. The molecule has 0 aromatic heterocycles. The lowest BCUT2D eigenvalue weighted by Crippen LogP contribution is -2.42. The van der Waals surface area contributed by atoms with Crippen molar-refractivity contribution >= 4 is 0 Å². The van der Waals surface area contributed by atoms with Crippen LogP contribution in [0.2, 0.25) is 0 Å². The molecule has 4 atom stereocenters. The van der Waals surface area contributed by atoms with Crippen molar-refractivity contribution < 1.29 is 10.2 Å². The van der Waals surface area contributed by atoms with Gasteiger partial charge in [0.05, 0.1) is 12.2 Å². The van der Waals surface area contributed by atoms with Crippen molar-refractivity contribution in [1.82, 2.24) is 5.32 Å². The van der Waals surface area contributed by atoms with Gasteiger partial charge in [-0.15, -0.1) is 0 Å². The van der Waals surface area contributed by atoms with Gasteiger partial charge in [0.15, 0.2) is 0 Å². The van der Waals surface area contributed by atoms with Gasteiger partial charge in [0.2, 0.25) is 0 Å². The van der Waals surface area contributed by atoms with Crippen LogP contribution in [-0.2, 0) is 0 Å². The first-order valence-electron chi connectivity index (χ1n) is 3.88. The Hall–Kier alpha value is -0.120. The Bertz CT molecular complexity index is 135. The smallest absolute Gasteiger partial charge is 0.0709 e. The first-order chi connectivity index (χ1) is 4.75. The van der Waals surface area contributed by atoms with Gasteiger partial charge in [-0.3, -0.25) is 0 Å². The minimum atomic E-state index is -0.220. The summed E-state index contributed by atoms with van der Waals surface area (Å²) in [6.45, 7) is 0. The average molecular weight is 143 g/mol. The molecule has 2 aliphatic rings. The molecule has 4 unspecified atom stereocenters. The lowest BCUT2D eigenvalue weighted by atomic mass is 10.0. The van der Waals surface area contributed by atoms with Gasteiger partial charge in [-0.2, -0.15) is 0 Å². The number of hydrogen-bond acceptors (Lipinski definition) is 3. The third-order valence-electron chi connectivity index (χ3n) is 2.52. The van der Waals surface area contributed by atoms with Gasteiger partial charge in [-0.05, 0) is 19.3 Å². The van der Waals surface area contributed by atoms with Crippen molar-refractivity contribution in [3.05, 3.63) is 0 Å². The van der Waals surface area contributed by atoms with E-state index in [0.717, 1.165) is 19.3 Å². The van der Waals surface area contributed by atoms with E-state index in [9.17, 15) is 10.2 Å². The second kappa shape index (κ2) is 2.19. The van der Waals surface area contributed by atoms with Crippen molar-refractivity contribution in [3.63, 3.8) is 0 Å². The fraction of sp³-hybridized carbons (Fsp3) is 1.00. The van der Waals surface area contributed by atoms with Crippen LogP contribution in [0, 0.1) is 0 Å². The summed E-state index contributed by atoms with van der Waals surface area (Å²) in [4.78, 5) is 0. The summed E-state index contributed by atoms with van der Waals surface area (Å²) >= 11 is 0. The zero-order valence-electron chi connectivity index (χ0n) is 5.83. The van der Waals surface area contributed by atoms with Crippen LogP contribution < -0.4 is 5.32 Å². The van der Waals surface area contributed by atoms with Crippen LogP contribution >= 0.6 is 0 Å². The monoisotopic (exact) mass is 143 g/mol. The number of aliphatic hydroxyl groups excluding tert-OH is 2. The van der Waals surface area contributed by atoms with Crippen molar-refractivity contribution in [2.24, 2.45) is 0 Å². The Kier molecular flexibility index (Phi) is 1.44. The molecule has 2 aliphatic heterocycles. The van der Waals surface area contributed by atoms with Gasteiger partial charge in [0.25, 0.3) is 0 Å². The van der Waals surface area contributed by atoms with Crippen LogP contribution in [-0.4, -0.2) is 34.5 Å². The van der Waals surface area contributed by atoms with Gasteiger partial charge in [0.1, 0.15) is 0 Å². The molecule has 0 radical (unpaired) electrons. The highest BCUT2D eigenvalue weighted by Crippen LogP contribution is 2.26. The summed E-state index contributed by atoms with van der Waals surface area (Å²) in [6.07, 6.45) is 1.95. The molecule has 0 aromatic rings.